The lowest BCUT2D eigenvalue weighted by Gasteiger charge is -2.11. The Morgan fingerprint density at radius 3 is 1.52 bits per heavy atom. The second kappa shape index (κ2) is 11.6. The molecular formula is C42H26N6. The number of para-hydroxylation sites is 1. The Labute approximate surface area is 276 Å². The monoisotopic (exact) mass is 614 g/mol. The van der Waals surface area contributed by atoms with Gasteiger partial charge in [0.1, 0.15) is 0 Å². The number of nitrogens with zero attached hydrogens (tertiary/aromatic N) is 6. The zero-order valence-corrected chi connectivity index (χ0v) is 25.7. The van der Waals surface area contributed by atoms with Gasteiger partial charge in [-0.2, -0.15) is 0 Å². The Balaban J connectivity index is 1.14. The van der Waals surface area contributed by atoms with Gasteiger partial charge in [-0.15, -0.1) is 0 Å². The molecule has 4 heterocycles. The molecule has 0 radical (unpaired) electrons. The molecule has 0 atom stereocenters. The van der Waals surface area contributed by atoms with Crippen molar-refractivity contribution < 1.29 is 0 Å². The quantitative estimate of drug-likeness (QED) is 0.180. The van der Waals surface area contributed by atoms with E-state index in [-0.39, 0.29) is 0 Å². The van der Waals surface area contributed by atoms with Crippen LogP contribution in [0.5, 0.6) is 0 Å². The summed E-state index contributed by atoms with van der Waals surface area (Å²) >= 11 is 0. The molecule has 0 amide bonds. The smallest absolute Gasteiger partial charge is 0.166 e. The van der Waals surface area contributed by atoms with Gasteiger partial charge >= 0.3 is 0 Å². The molecule has 224 valence electrons. The average Bonchev–Trinajstić information content (AvgIpc) is 3.17. The van der Waals surface area contributed by atoms with E-state index >= 15 is 0 Å². The number of hydrogen-bond acceptors (Lipinski definition) is 6. The van der Waals surface area contributed by atoms with Gasteiger partial charge in [0.05, 0.1) is 22.2 Å². The summed E-state index contributed by atoms with van der Waals surface area (Å²) < 4.78 is 0. The Bertz CT molecular complexity index is 2590. The van der Waals surface area contributed by atoms with Gasteiger partial charge < -0.3 is 0 Å². The van der Waals surface area contributed by atoms with E-state index in [9.17, 15) is 0 Å². The van der Waals surface area contributed by atoms with Gasteiger partial charge in [-0.3, -0.25) is 9.97 Å². The van der Waals surface area contributed by atoms with Crippen LogP contribution in [0.15, 0.2) is 158 Å². The lowest BCUT2D eigenvalue weighted by atomic mass is 10.0. The summed E-state index contributed by atoms with van der Waals surface area (Å²) in [5.41, 5.74) is 9.46. The van der Waals surface area contributed by atoms with E-state index in [1.807, 2.05) is 60.8 Å². The first kappa shape index (κ1) is 27.6. The minimum absolute atomic E-state index is 0.575. The molecule has 0 aliphatic carbocycles. The van der Waals surface area contributed by atoms with Crippen molar-refractivity contribution in [3.8, 4) is 56.5 Å². The van der Waals surface area contributed by atoms with E-state index in [4.69, 9.17) is 19.9 Å². The average molecular weight is 615 g/mol. The van der Waals surface area contributed by atoms with E-state index < -0.39 is 0 Å². The third kappa shape index (κ3) is 5.02. The summed E-state index contributed by atoms with van der Waals surface area (Å²) in [5.74, 6) is 1.76. The summed E-state index contributed by atoms with van der Waals surface area (Å²) in [5, 5.41) is 3.16. The topological polar surface area (TPSA) is 77.3 Å². The Hall–Kier alpha value is -6.66. The zero-order chi connectivity index (χ0) is 31.9. The zero-order valence-electron chi connectivity index (χ0n) is 25.7. The first-order valence-electron chi connectivity index (χ1n) is 15.8. The molecule has 5 aromatic carbocycles. The highest BCUT2D eigenvalue weighted by Crippen LogP contribution is 2.31. The third-order valence-electron chi connectivity index (χ3n) is 8.63. The molecule has 0 unspecified atom stereocenters. The molecule has 4 aromatic heterocycles. The van der Waals surface area contributed by atoms with Crippen LogP contribution < -0.4 is 0 Å². The number of hydrogen-bond donors (Lipinski definition) is 0. The van der Waals surface area contributed by atoms with E-state index in [0.717, 1.165) is 71.8 Å². The van der Waals surface area contributed by atoms with Crippen LogP contribution >= 0.6 is 0 Å². The largest absolute Gasteiger partial charge is 0.255 e. The van der Waals surface area contributed by atoms with Crippen molar-refractivity contribution in [3.05, 3.63) is 158 Å². The molecule has 6 nitrogen and oxygen atoms in total. The van der Waals surface area contributed by atoms with Crippen molar-refractivity contribution in [2.24, 2.45) is 0 Å². The van der Waals surface area contributed by atoms with Crippen LogP contribution in [0.2, 0.25) is 0 Å². The lowest BCUT2D eigenvalue weighted by Crippen LogP contribution is -2.01. The molecule has 0 saturated heterocycles. The van der Waals surface area contributed by atoms with Gasteiger partial charge in [-0.25, -0.2) is 19.9 Å². The molecule has 48 heavy (non-hydrogen) atoms. The fourth-order valence-corrected chi connectivity index (χ4v) is 6.16. The minimum Gasteiger partial charge on any atom is -0.255 e. The molecule has 0 bridgehead atoms. The Morgan fingerprint density at radius 2 is 0.812 bits per heavy atom. The molecule has 0 aliphatic rings. The molecule has 0 spiro atoms. The normalized spacial score (nSPS) is 11.3. The fourth-order valence-electron chi connectivity index (χ4n) is 6.16. The maximum absolute atomic E-state index is 5.03. The number of aromatic nitrogens is 6. The summed E-state index contributed by atoms with van der Waals surface area (Å²) in [7, 11) is 0. The fraction of sp³-hybridized carbons (Fsp3) is 0. The lowest BCUT2D eigenvalue weighted by molar-refractivity contribution is 1.07. The molecular weight excluding hydrogens is 589 g/mol. The van der Waals surface area contributed by atoms with Crippen molar-refractivity contribution in [2.45, 2.75) is 0 Å². The van der Waals surface area contributed by atoms with Gasteiger partial charge in [-0.05, 0) is 35.4 Å². The Kier molecular flexibility index (Phi) is 6.68. The van der Waals surface area contributed by atoms with Gasteiger partial charge in [0.2, 0.25) is 0 Å². The molecule has 0 saturated carbocycles. The highest BCUT2D eigenvalue weighted by atomic mass is 15.0. The Morgan fingerprint density at radius 1 is 0.292 bits per heavy atom. The van der Waals surface area contributed by atoms with Crippen molar-refractivity contribution in [3.63, 3.8) is 0 Å². The molecule has 9 rings (SSSR count). The van der Waals surface area contributed by atoms with Gasteiger partial charge in [-0.1, -0.05) is 121 Å². The van der Waals surface area contributed by atoms with Crippen molar-refractivity contribution in [1.29, 1.82) is 0 Å². The molecule has 6 heteroatoms. The summed E-state index contributed by atoms with van der Waals surface area (Å²) in [6.07, 6.45) is 3.61. The second-order valence-electron chi connectivity index (χ2n) is 11.6. The standard InChI is InChI=1S/C42H26N6/c1-2-7-27(8-3-1)28-13-19-33(20-14-28)40-46-41(48-42(47-40)35-12-4-9-30-10-5-25-43-37(30)35)34-21-15-29(16-22-34)36-24-23-32-18-17-31-11-6-26-44-38(31)39(32)45-36/h1-26H. The predicted octanol–water partition coefficient (Wildman–Crippen LogP) is 9.85. The third-order valence-corrected chi connectivity index (χ3v) is 8.63. The van der Waals surface area contributed by atoms with Crippen LogP contribution in [0.25, 0.3) is 89.3 Å². The first-order valence-corrected chi connectivity index (χ1v) is 15.8. The highest BCUT2D eigenvalue weighted by molar-refractivity contribution is 6.03. The number of benzene rings is 5. The van der Waals surface area contributed by atoms with Crippen LogP contribution in [0.4, 0.5) is 0 Å². The van der Waals surface area contributed by atoms with Crippen LogP contribution in [0.3, 0.4) is 0 Å². The molecule has 0 fully saturated rings. The number of fused-ring (bicyclic) bond motifs is 4. The summed E-state index contributed by atoms with van der Waals surface area (Å²) in [6.45, 7) is 0. The molecule has 0 N–H and O–H groups in total. The van der Waals surface area contributed by atoms with E-state index in [1.165, 1.54) is 0 Å². The first-order chi connectivity index (χ1) is 23.8. The van der Waals surface area contributed by atoms with Gasteiger partial charge in [0.25, 0.3) is 0 Å². The van der Waals surface area contributed by atoms with Crippen LogP contribution in [0.1, 0.15) is 0 Å². The maximum atomic E-state index is 5.03. The van der Waals surface area contributed by atoms with Crippen molar-refractivity contribution in [1.82, 2.24) is 29.9 Å². The van der Waals surface area contributed by atoms with Crippen LogP contribution in [-0.4, -0.2) is 29.9 Å². The minimum atomic E-state index is 0.575. The van der Waals surface area contributed by atoms with Crippen molar-refractivity contribution in [2.75, 3.05) is 0 Å². The van der Waals surface area contributed by atoms with Gasteiger partial charge in [0, 0.05) is 50.8 Å². The SMILES string of the molecule is c1ccc(-c2ccc(-c3nc(-c4ccc(-c5ccc6ccc7cccnc7c6n5)cc4)nc(-c4cccc5cccnc45)n3)cc2)cc1. The van der Waals surface area contributed by atoms with Crippen molar-refractivity contribution >= 4 is 32.7 Å². The summed E-state index contributed by atoms with van der Waals surface area (Å²) in [4.78, 5) is 29.3. The highest BCUT2D eigenvalue weighted by Gasteiger charge is 2.15. The molecule has 0 aliphatic heterocycles. The summed E-state index contributed by atoms with van der Waals surface area (Å²) in [6, 6.07) is 49.4. The second-order valence-corrected chi connectivity index (χ2v) is 11.6. The van der Waals surface area contributed by atoms with E-state index in [2.05, 4.69) is 101 Å². The number of pyridine rings is 3. The van der Waals surface area contributed by atoms with E-state index in [1.54, 1.807) is 6.20 Å². The van der Waals surface area contributed by atoms with Crippen LogP contribution in [0, 0.1) is 0 Å². The predicted molar refractivity (Wildman–Crippen MR) is 193 cm³/mol. The maximum Gasteiger partial charge on any atom is 0.166 e. The molecule has 9 aromatic rings. The van der Waals surface area contributed by atoms with Gasteiger partial charge in [0.15, 0.2) is 17.5 Å². The number of rotatable bonds is 5. The van der Waals surface area contributed by atoms with Crippen LogP contribution in [-0.2, 0) is 0 Å². The van der Waals surface area contributed by atoms with E-state index in [0.29, 0.717) is 17.5 Å².